The summed E-state index contributed by atoms with van der Waals surface area (Å²) in [5.74, 6) is -0.852. The lowest BCUT2D eigenvalue weighted by atomic mass is 9.91. The van der Waals surface area contributed by atoms with Crippen LogP contribution in [0, 0.1) is 5.92 Å². The number of rotatable bonds is 2. The Kier molecular flexibility index (Phi) is 2.54. The number of carbonyl (C=O) groups is 1. The van der Waals surface area contributed by atoms with Crippen LogP contribution in [0.4, 0.5) is 0 Å². The Bertz CT molecular complexity index is 359. The number of hydrogen-bond acceptors (Lipinski definition) is 3. The van der Waals surface area contributed by atoms with Crippen LogP contribution in [0.2, 0.25) is 0 Å². The second-order valence-corrected chi connectivity index (χ2v) is 4.78. The first-order chi connectivity index (χ1) is 6.70. The van der Waals surface area contributed by atoms with Gasteiger partial charge >= 0.3 is 5.97 Å². The highest BCUT2D eigenvalue weighted by Crippen LogP contribution is 2.30. The van der Waals surface area contributed by atoms with Gasteiger partial charge in [0.2, 0.25) is 0 Å². The average molecular weight is 211 g/mol. The molecule has 14 heavy (non-hydrogen) atoms. The van der Waals surface area contributed by atoms with Gasteiger partial charge in [-0.05, 0) is 25.7 Å². The molecule has 0 radical (unpaired) electrons. The van der Waals surface area contributed by atoms with E-state index < -0.39 is 5.97 Å². The second-order valence-electron chi connectivity index (χ2n) is 3.61. The first-order valence-electron chi connectivity index (χ1n) is 4.91. The normalized spacial score (nSPS) is 20.5. The summed E-state index contributed by atoms with van der Waals surface area (Å²) >= 11 is 1.68. The molecular weight excluding hydrogens is 198 g/mol. The molecular formula is C10H13NO2S. The van der Waals surface area contributed by atoms with Crippen molar-refractivity contribution < 1.29 is 9.90 Å². The van der Waals surface area contributed by atoms with E-state index in [0.29, 0.717) is 6.42 Å². The molecule has 0 aliphatic heterocycles. The van der Waals surface area contributed by atoms with Crippen molar-refractivity contribution in [2.75, 3.05) is 0 Å². The zero-order chi connectivity index (χ0) is 10.1. The van der Waals surface area contributed by atoms with E-state index in [-0.39, 0.29) is 5.92 Å². The number of aromatic nitrogens is 1. The van der Waals surface area contributed by atoms with Gasteiger partial charge in [0.05, 0.1) is 16.6 Å². The van der Waals surface area contributed by atoms with Gasteiger partial charge in [0.25, 0.3) is 0 Å². The van der Waals surface area contributed by atoms with Crippen molar-refractivity contribution in [3.05, 3.63) is 15.6 Å². The van der Waals surface area contributed by atoms with Crippen molar-refractivity contribution in [2.24, 2.45) is 5.92 Å². The molecule has 0 saturated carbocycles. The van der Waals surface area contributed by atoms with E-state index in [1.807, 2.05) is 0 Å². The lowest BCUT2D eigenvalue weighted by molar-refractivity contribution is -0.142. The Hall–Kier alpha value is -0.900. The highest BCUT2D eigenvalue weighted by atomic mass is 32.1. The largest absolute Gasteiger partial charge is 0.481 e. The number of carboxylic acid groups (broad SMARTS) is 1. The van der Waals surface area contributed by atoms with Crippen molar-refractivity contribution in [2.45, 2.75) is 32.6 Å². The summed E-state index contributed by atoms with van der Waals surface area (Å²) in [7, 11) is 0. The Balaban J connectivity index is 2.21. The monoisotopic (exact) mass is 211 g/mol. The molecule has 0 amide bonds. The van der Waals surface area contributed by atoms with E-state index in [2.05, 4.69) is 11.9 Å². The van der Waals surface area contributed by atoms with E-state index >= 15 is 0 Å². The van der Waals surface area contributed by atoms with E-state index in [0.717, 1.165) is 30.0 Å². The van der Waals surface area contributed by atoms with E-state index in [1.54, 1.807) is 11.3 Å². The van der Waals surface area contributed by atoms with Crippen molar-refractivity contribution in [1.82, 2.24) is 4.98 Å². The molecule has 1 heterocycles. The summed E-state index contributed by atoms with van der Waals surface area (Å²) < 4.78 is 0. The SMILES string of the molecule is CCc1nc2c(s1)C[C@H](C(=O)O)CC2. The topological polar surface area (TPSA) is 50.2 Å². The molecule has 1 aliphatic carbocycles. The van der Waals surface area contributed by atoms with Gasteiger partial charge in [-0.25, -0.2) is 4.98 Å². The number of fused-ring (bicyclic) bond motifs is 1. The van der Waals surface area contributed by atoms with Crippen LogP contribution < -0.4 is 0 Å². The van der Waals surface area contributed by atoms with Crippen LogP contribution in [0.3, 0.4) is 0 Å². The van der Waals surface area contributed by atoms with Gasteiger partial charge in [-0.2, -0.15) is 0 Å². The highest BCUT2D eigenvalue weighted by molar-refractivity contribution is 7.11. The first kappa shape index (κ1) is 9.65. The third-order valence-electron chi connectivity index (χ3n) is 2.64. The van der Waals surface area contributed by atoms with Crippen LogP contribution in [0.5, 0.6) is 0 Å². The number of aliphatic carboxylic acids is 1. The number of nitrogens with zero attached hydrogens (tertiary/aromatic N) is 1. The molecule has 2 rings (SSSR count). The van der Waals surface area contributed by atoms with Gasteiger partial charge in [-0.15, -0.1) is 11.3 Å². The number of thiazole rings is 1. The van der Waals surface area contributed by atoms with Crippen molar-refractivity contribution >= 4 is 17.3 Å². The standard InChI is InChI=1S/C10H13NO2S/c1-2-9-11-7-4-3-6(10(12)13)5-8(7)14-9/h6H,2-5H2,1H3,(H,12,13)/t6-/m1/s1. The average Bonchev–Trinajstić information content (AvgIpc) is 2.58. The Morgan fingerprint density at radius 1 is 1.71 bits per heavy atom. The number of aryl methyl sites for hydroxylation is 2. The molecule has 4 heteroatoms. The third-order valence-corrected chi connectivity index (χ3v) is 3.90. The van der Waals surface area contributed by atoms with Gasteiger partial charge in [0, 0.05) is 4.88 Å². The Labute approximate surface area is 86.8 Å². The molecule has 1 aliphatic rings. The Morgan fingerprint density at radius 2 is 2.50 bits per heavy atom. The van der Waals surface area contributed by atoms with E-state index in [1.165, 1.54) is 4.88 Å². The molecule has 0 saturated heterocycles. The fourth-order valence-corrected chi connectivity index (χ4v) is 2.93. The fourth-order valence-electron chi connectivity index (χ4n) is 1.79. The first-order valence-corrected chi connectivity index (χ1v) is 5.72. The molecule has 1 N–H and O–H groups in total. The molecule has 0 unspecified atom stereocenters. The highest BCUT2D eigenvalue weighted by Gasteiger charge is 2.26. The van der Waals surface area contributed by atoms with Crippen molar-refractivity contribution in [1.29, 1.82) is 0 Å². The zero-order valence-electron chi connectivity index (χ0n) is 8.12. The molecule has 3 nitrogen and oxygen atoms in total. The molecule has 0 bridgehead atoms. The molecule has 1 aromatic heterocycles. The number of hydrogen-bond donors (Lipinski definition) is 1. The van der Waals surface area contributed by atoms with Gasteiger partial charge in [0.1, 0.15) is 0 Å². The van der Waals surface area contributed by atoms with Crippen LogP contribution in [-0.4, -0.2) is 16.1 Å². The maximum Gasteiger partial charge on any atom is 0.306 e. The molecule has 1 atom stereocenters. The smallest absolute Gasteiger partial charge is 0.306 e. The van der Waals surface area contributed by atoms with Crippen LogP contribution in [0.15, 0.2) is 0 Å². The van der Waals surface area contributed by atoms with E-state index in [4.69, 9.17) is 5.11 Å². The van der Waals surface area contributed by atoms with Gasteiger partial charge in [-0.1, -0.05) is 6.92 Å². The van der Waals surface area contributed by atoms with Crippen molar-refractivity contribution in [3.63, 3.8) is 0 Å². The predicted octanol–water partition coefficient (Wildman–Crippen LogP) is 1.90. The number of carboxylic acids is 1. The minimum absolute atomic E-state index is 0.187. The quantitative estimate of drug-likeness (QED) is 0.812. The predicted molar refractivity (Wildman–Crippen MR) is 54.6 cm³/mol. The molecule has 0 aromatic carbocycles. The molecule has 0 spiro atoms. The van der Waals surface area contributed by atoms with Gasteiger partial charge in [0.15, 0.2) is 0 Å². The summed E-state index contributed by atoms with van der Waals surface area (Å²) in [4.78, 5) is 16.5. The van der Waals surface area contributed by atoms with E-state index in [9.17, 15) is 4.79 Å². The summed E-state index contributed by atoms with van der Waals surface area (Å²) in [6, 6.07) is 0. The molecule has 76 valence electrons. The maximum absolute atomic E-state index is 10.8. The summed E-state index contributed by atoms with van der Waals surface area (Å²) in [6.45, 7) is 2.08. The second kappa shape index (κ2) is 3.69. The fraction of sp³-hybridized carbons (Fsp3) is 0.600. The lowest BCUT2D eigenvalue weighted by Gasteiger charge is -2.16. The van der Waals surface area contributed by atoms with Crippen LogP contribution in [-0.2, 0) is 24.1 Å². The third kappa shape index (κ3) is 1.66. The summed E-state index contributed by atoms with van der Waals surface area (Å²) in [6.07, 6.45) is 3.22. The maximum atomic E-state index is 10.8. The van der Waals surface area contributed by atoms with Crippen LogP contribution in [0.25, 0.3) is 0 Å². The van der Waals surface area contributed by atoms with Gasteiger partial charge in [-0.3, -0.25) is 4.79 Å². The lowest BCUT2D eigenvalue weighted by Crippen LogP contribution is -2.21. The summed E-state index contributed by atoms with van der Waals surface area (Å²) in [5.41, 5.74) is 1.14. The zero-order valence-corrected chi connectivity index (χ0v) is 8.93. The minimum atomic E-state index is -0.665. The Morgan fingerprint density at radius 3 is 3.14 bits per heavy atom. The van der Waals surface area contributed by atoms with Gasteiger partial charge < -0.3 is 5.11 Å². The van der Waals surface area contributed by atoms with Crippen molar-refractivity contribution in [3.8, 4) is 0 Å². The summed E-state index contributed by atoms with van der Waals surface area (Å²) in [5, 5.41) is 10.1. The minimum Gasteiger partial charge on any atom is -0.481 e. The molecule has 1 aromatic rings. The van der Waals surface area contributed by atoms with Crippen LogP contribution in [0.1, 0.15) is 28.9 Å². The molecule has 0 fully saturated rings. The van der Waals surface area contributed by atoms with Crippen LogP contribution >= 0.6 is 11.3 Å².